The van der Waals surface area contributed by atoms with Crippen LogP contribution in [-0.4, -0.2) is 10.5 Å². The van der Waals surface area contributed by atoms with E-state index in [1.165, 1.54) is 20.2 Å². The van der Waals surface area contributed by atoms with Gasteiger partial charge in [0.25, 0.3) is 0 Å². The highest BCUT2D eigenvalue weighted by molar-refractivity contribution is 14.2. The molecule has 2 rings (SSSR count). The minimum Gasteiger partial charge on any atom is -0.122 e. The molecule has 4 heteroatoms. The van der Waals surface area contributed by atoms with Crippen molar-refractivity contribution >= 4 is 59.6 Å². The zero-order chi connectivity index (χ0) is 10.8. The second kappa shape index (κ2) is 5.29. The minimum absolute atomic E-state index is 0.327. The van der Waals surface area contributed by atoms with Gasteiger partial charge in [0, 0.05) is 26.1 Å². The van der Waals surface area contributed by atoms with Gasteiger partial charge in [-0.1, -0.05) is 40.6 Å². The quantitative estimate of drug-likeness (QED) is 0.385. The maximum absolute atomic E-state index is 2.52. The molecule has 80 valence electrons. The minimum atomic E-state index is 0.327. The molecule has 0 saturated heterocycles. The van der Waals surface area contributed by atoms with Crippen molar-refractivity contribution in [3.8, 4) is 0 Å². The Kier molecular flexibility index (Phi) is 4.26. The lowest BCUT2D eigenvalue weighted by molar-refractivity contribution is 1.46. The van der Waals surface area contributed by atoms with Crippen molar-refractivity contribution in [3.05, 3.63) is 41.5 Å². The van der Waals surface area contributed by atoms with Crippen LogP contribution in [0.15, 0.2) is 30.3 Å². The Bertz CT molecular complexity index is 432. The molecular formula is C11H11IS3. The Balaban J connectivity index is 2.26. The topological polar surface area (TPSA) is 0 Å². The van der Waals surface area contributed by atoms with Gasteiger partial charge in [-0.25, -0.2) is 0 Å². The van der Waals surface area contributed by atoms with Crippen LogP contribution in [0.1, 0.15) is 11.1 Å². The van der Waals surface area contributed by atoms with Crippen LogP contribution < -0.4 is 0 Å². The predicted octanol–water partition coefficient (Wildman–Crippen LogP) is 5.11. The van der Waals surface area contributed by atoms with Crippen molar-refractivity contribution in [3.63, 3.8) is 0 Å². The fraction of sp³-hybridized carbons (Fsp3) is 0.182. The number of aryl methyl sites for hydroxylation is 1. The molecule has 0 aromatic heterocycles. The molecule has 1 aliphatic heterocycles. The molecule has 0 fully saturated rings. The molecule has 0 spiro atoms. The third-order valence-electron chi connectivity index (χ3n) is 2.11. The summed E-state index contributed by atoms with van der Waals surface area (Å²) in [6.45, 7) is 2.45. The fourth-order valence-corrected chi connectivity index (χ4v) is 8.99. The average molecular weight is 366 g/mol. The van der Waals surface area contributed by atoms with Gasteiger partial charge >= 0.3 is 0 Å². The molecule has 1 aliphatic rings. The van der Waals surface area contributed by atoms with Gasteiger partial charge in [0.1, 0.15) is 0 Å². The summed E-state index contributed by atoms with van der Waals surface area (Å²) in [6, 6.07) is 8.79. The normalized spacial score (nSPS) is 20.6. The number of benzene rings is 1. The van der Waals surface area contributed by atoms with Crippen LogP contribution in [0.25, 0.3) is 4.91 Å². The first kappa shape index (κ1) is 12.1. The Morgan fingerprint density at radius 1 is 1.27 bits per heavy atom. The Labute approximate surface area is 113 Å². The molecule has 0 bridgehead atoms. The zero-order valence-electron chi connectivity index (χ0n) is 8.49. The van der Waals surface area contributed by atoms with Crippen LogP contribution in [0.3, 0.4) is 0 Å². The summed E-state index contributed by atoms with van der Waals surface area (Å²) in [4.78, 5) is 1.41. The third kappa shape index (κ3) is 2.84. The van der Waals surface area contributed by atoms with Crippen molar-refractivity contribution in [1.29, 1.82) is 0 Å². The molecule has 1 heterocycles. The summed E-state index contributed by atoms with van der Waals surface area (Å²) in [5.74, 6) is 0. The first-order valence-corrected chi connectivity index (χ1v) is 10.8. The lowest BCUT2D eigenvalue weighted by atomic mass is 10.1. The molecule has 15 heavy (non-hydrogen) atoms. The first-order valence-electron chi connectivity index (χ1n) is 4.49. The number of hydrogen-bond acceptors (Lipinski definition) is 2. The summed E-state index contributed by atoms with van der Waals surface area (Å²) in [7, 11) is 1.97. The van der Waals surface area contributed by atoms with Crippen molar-refractivity contribution in [2.75, 3.05) is 6.26 Å². The molecule has 0 amide bonds. The highest BCUT2D eigenvalue weighted by Crippen LogP contribution is 2.54. The van der Waals surface area contributed by atoms with E-state index in [1.807, 2.05) is 22.6 Å². The molecule has 1 atom stereocenters. The van der Waals surface area contributed by atoms with Gasteiger partial charge in [0.15, 0.2) is 0 Å². The number of thioether (sulfide) groups is 1. The van der Waals surface area contributed by atoms with E-state index in [0.29, 0.717) is 6.69 Å². The predicted molar refractivity (Wildman–Crippen MR) is 86.9 cm³/mol. The molecule has 0 N–H and O–H groups in total. The third-order valence-corrected chi connectivity index (χ3v) is 10.5. The highest BCUT2D eigenvalue weighted by atomic mass is 127. The molecule has 0 saturated carbocycles. The molecule has 0 aliphatic carbocycles. The standard InChI is InChI=1S/C11H11IS3/c1-8-3-5-9(6-4-8)10-7-11(13-2)15(12)14-10/h3-7H,1-2H3. The van der Waals surface area contributed by atoms with Crippen LogP contribution in [0.4, 0.5) is 0 Å². The van der Waals surface area contributed by atoms with E-state index < -0.39 is 0 Å². The molecule has 1 aromatic carbocycles. The lowest BCUT2D eigenvalue weighted by Crippen LogP contribution is -1.80. The van der Waals surface area contributed by atoms with Gasteiger partial charge in [-0.05, 0) is 31.5 Å². The van der Waals surface area contributed by atoms with Crippen LogP contribution in [0.5, 0.6) is 0 Å². The maximum atomic E-state index is 2.52. The van der Waals surface area contributed by atoms with Gasteiger partial charge in [0.05, 0.1) is 4.20 Å². The second-order valence-electron chi connectivity index (χ2n) is 3.20. The van der Waals surface area contributed by atoms with Crippen LogP contribution in [0.2, 0.25) is 0 Å². The molecule has 0 radical (unpaired) electrons. The van der Waals surface area contributed by atoms with E-state index in [9.17, 15) is 0 Å². The zero-order valence-corrected chi connectivity index (χ0v) is 13.1. The van der Waals surface area contributed by atoms with Crippen molar-refractivity contribution < 1.29 is 0 Å². The highest BCUT2D eigenvalue weighted by Gasteiger charge is 2.14. The van der Waals surface area contributed by atoms with Crippen molar-refractivity contribution in [2.45, 2.75) is 6.92 Å². The molecule has 1 aromatic rings. The van der Waals surface area contributed by atoms with Gasteiger partial charge in [-0.15, -0.1) is 11.8 Å². The number of hydrogen-bond donors (Lipinski definition) is 0. The van der Waals surface area contributed by atoms with Crippen LogP contribution in [-0.2, 0) is 0 Å². The maximum Gasteiger partial charge on any atom is 0.0516 e. The molecular weight excluding hydrogens is 355 g/mol. The van der Waals surface area contributed by atoms with E-state index >= 15 is 0 Å². The Morgan fingerprint density at radius 2 is 1.93 bits per heavy atom. The summed E-state index contributed by atoms with van der Waals surface area (Å²) >= 11 is 4.39. The van der Waals surface area contributed by atoms with Gasteiger partial charge in [-0.3, -0.25) is 0 Å². The Morgan fingerprint density at radius 3 is 2.47 bits per heavy atom. The first-order chi connectivity index (χ1) is 7.20. The van der Waals surface area contributed by atoms with E-state index in [0.717, 1.165) is 0 Å². The summed E-state index contributed by atoms with van der Waals surface area (Å²) < 4.78 is 1.50. The van der Waals surface area contributed by atoms with Crippen LogP contribution >= 0.6 is 50.4 Å². The lowest BCUT2D eigenvalue weighted by Gasteiger charge is -2.01. The summed E-state index contributed by atoms with van der Waals surface area (Å²) in [6.07, 6.45) is 4.48. The summed E-state index contributed by atoms with van der Waals surface area (Å²) in [5.41, 5.74) is 2.67. The number of halogens is 1. The van der Waals surface area contributed by atoms with E-state index in [2.05, 4.69) is 64.7 Å². The summed E-state index contributed by atoms with van der Waals surface area (Å²) in [5, 5.41) is 0. The van der Waals surface area contributed by atoms with Crippen molar-refractivity contribution in [1.82, 2.24) is 0 Å². The SMILES string of the molecule is CSC1=S(I)SC(c2ccc(C)cc2)=C1. The van der Waals surface area contributed by atoms with E-state index in [4.69, 9.17) is 0 Å². The van der Waals surface area contributed by atoms with Crippen LogP contribution in [0, 0.1) is 6.92 Å². The van der Waals surface area contributed by atoms with Crippen molar-refractivity contribution in [2.24, 2.45) is 0 Å². The van der Waals surface area contributed by atoms with E-state index in [-0.39, 0.29) is 0 Å². The second-order valence-corrected chi connectivity index (χ2v) is 11.7. The monoisotopic (exact) mass is 366 g/mol. The van der Waals surface area contributed by atoms with Gasteiger partial charge < -0.3 is 0 Å². The largest absolute Gasteiger partial charge is 0.122 e. The van der Waals surface area contributed by atoms with Gasteiger partial charge in [-0.2, -0.15) is 0 Å². The van der Waals surface area contributed by atoms with E-state index in [1.54, 1.807) is 0 Å². The fourth-order valence-electron chi connectivity index (χ4n) is 1.27. The molecule has 1 unspecified atom stereocenters. The van der Waals surface area contributed by atoms with Gasteiger partial charge in [0.2, 0.25) is 0 Å². The Hall–Kier alpha value is 0.610. The molecule has 0 nitrogen and oxygen atoms in total. The smallest absolute Gasteiger partial charge is 0.0516 e. The number of rotatable bonds is 1. The average Bonchev–Trinajstić information content (AvgIpc) is 2.61.